The molecule has 164 valence electrons. The van der Waals surface area contributed by atoms with Crippen molar-refractivity contribution in [3.63, 3.8) is 0 Å². The van der Waals surface area contributed by atoms with Gasteiger partial charge in [-0.2, -0.15) is 0 Å². The van der Waals surface area contributed by atoms with Crippen molar-refractivity contribution in [1.29, 1.82) is 0 Å². The van der Waals surface area contributed by atoms with Gasteiger partial charge in [0, 0.05) is 21.8 Å². The lowest BCUT2D eigenvalue weighted by Crippen LogP contribution is -2.47. The molecule has 0 bridgehead atoms. The van der Waals surface area contributed by atoms with E-state index < -0.39 is 17.9 Å². The molecule has 3 N–H and O–H groups in total. The van der Waals surface area contributed by atoms with Crippen LogP contribution in [0, 0.1) is 0 Å². The van der Waals surface area contributed by atoms with Gasteiger partial charge in [0.1, 0.15) is 5.75 Å². The molecule has 0 aromatic heterocycles. The summed E-state index contributed by atoms with van der Waals surface area (Å²) in [5.41, 5.74) is 5.95. The largest absolute Gasteiger partial charge is 0.479 e. The minimum atomic E-state index is -0.926. The number of anilines is 1. The third kappa shape index (κ3) is 6.23. The van der Waals surface area contributed by atoms with Gasteiger partial charge < -0.3 is 10.1 Å². The Morgan fingerprint density at radius 2 is 1.47 bits per heavy atom. The molecule has 32 heavy (non-hydrogen) atoms. The number of hydrazine groups is 1. The molecule has 0 spiro atoms. The molecule has 9 heteroatoms. The van der Waals surface area contributed by atoms with Crippen LogP contribution in [0.15, 0.2) is 72.8 Å². The van der Waals surface area contributed by atoms with E-state index in [9.17, 15) is 14.4 Å². The van der Waals surface area contributed by atoms with Crippen LogP contribution in [0.2, 0.25) is 10.0 Å². The van der Waals surface area contributed by atoms with E-state index in [4.69, 9.17) is 27.9 Å². The van der Waals surface area contributed by atoms with Crippen LogP contribution in [0.3, 0.4) is 0 Å². The number of carbonyl (C=O) groups is 3. The molecule has 3 amide bonds. The summed E-state index contributed by atoms with van der Waals surface area (Å²) in [5.74, 6) is -1.07. The topological polar surface area (TPSA) is 96.5 Å². The molecule has 3 rings (SSSR count). The van der Waals surface area contributed by atoms with Gasteiger partial charge in [0.15, 0.2) is 6.10 Å². The van der Waals surface area contributed by atoms with Gasteiger partial charge >= 0.3 is 0 Å². The Labute approximate surface area is 194 Å². The van der Waals surface area contributed by atoms with Crippen molar-refractivity contribution in [3.8, 4) is 5.75 Å². The molecular weight excluding hydrogens is 453 g/mol. The Bertz CT molecular complexity index is 1120. The molecule has 0 heterocycles. The fourth-order valence-electron chi connectivity index (χ4n) is 2.60. The first-order chi connectivity index (χ1) is 15.3. The summed E-state index contributed by atoms with van der Waals surface area (Å²) in [6, 6.07) is 19.6. The highest BCUT2D eigenvalue weighted by atomic mass is 35.5. The number of carbonyl (C=O) groups excluding carboxylic acids is 3. The molecule has 1 atom stereocenters. The van der Waals surface area contributed by atoms with Crippen LogP contribution >= 0.6 is 23.2 Å². The van der Waals surface area contributed by atoms with Crippen LogP contribution in [0.25, 0.3) is 0 Å². The van der Waals surface area contributed by atoms with Crippen molar-refractivity contribution in [3.05, 3.63) is 94.0 Å². The number of benzene rings is 3. The average molecular weight is 472 g/mol. The Morgan fingerprint density at radius 3 is 2.12 bits per heavy atom. The van der Waals surface area contributed by atoms with Gasteiger partial charge in [0.2, 0.25) is 0 Å². The van der Waals surface area contributed by atoms with Crippen LogP contribution in [0.5, 0.6) is 5.75 Å². The summed E-state index contributed by atoms with van der Waals surface area (Å²) in [4.78, 5) is 36.7. The molecule has 3 aromatic carbocycles. The highest BCUT2D eigenvalue weighted by molar-refractivity contribution is 6.35. The van der Waals surface area contributed by atoms with Crippen molar-refractivity contribution in [2.24, 2.45) is 0 Å². The zero-order valence-corrected chi connectivity index (χ0v) is 18.4. The highest BCUT2D eigenvalue weighted by Gasteiger charge is 2.17. The second-order valence-electron chi connectivity index (χ2n) is 6.68. The van der Waals surface area contributed by atoms with E-state index >= 15 is 0 Å². The van der Waals surface area contributed by atoms with Gasteiger partial charge in [0.25, 0.3) is 17.7 Å². The summed E-state index contributed by atoms with van der Waals surface area (Å²) in [6.45, 7) is 1.51. The number of amides is 3. The van der Waals surface area contributed by atoms with Crippen LogP contribution in [0.4, 0.5) is 5.69 Å². The van der Waals surface area contributed by atoms with Crippen molar-refractivity contribution in [2.75, 3.05) is 5.32 Å². The lowest BCUT2D eigenvalue weighted by molar-refractivity contribution is -0.128. The van der Waals surface area contributed by atoms with Crippen LogP contribution < -0.4 is 20.9 Å². The third-order valence-corrected chi connectivity index (χ3v) is 4.84. The van der Waals surface area contributed by atoms with Crippen LogP contribution in [-0.4, -0.2) is 23.8 Å². The van der Waals surface area contributed by atoms with Gasteiger partial charge in [-0.3, -0.25) is 25.2 Å². The van der Waals surface area contributed by atoms with Gasteiger partial charge in [-0.05, 0) is 61.5 Å². The van der Waals surface area contributed by atoms with E-state index in [0.717, 1.165) is 0 Å². The van der Waals surface area contributed by atoms with Crippen LogP contribution in [-0.2, 0) is 4.79 Å². The molecule has 0 aliphatic carbocycles. The molecule has 0 saturated carbocycles. The molecule has 7 nitrogen and oxygen atoms in total. The third-order valence-electron chi connectivity index (χ3n) is 4.31. The van der Waals surface area contributed by atoms with Crippen molar-refractivity contribution < 1.29 is 19.1 Å². The SMILES string of the molecule is CC(Oc1ccc(Cl)cc1Cl)C(=O)NNC(=O)c1ccc(NC(=O)c2ccccc2)cc1. The predicted octanol–water partition coefficient (Wildman–Crippen LogP) is 4.47. The minimum absolute atomic E-state index is 0.259. The summed E-state index contributed by atoms with van der Waals surface area (Å²) in [6.07, 6.45) is -0.926. The van der Waals surface area contributed by atoms with Crippen LogP contribution in [0.1, 0.15) is 27.6 Å². The van der Waals surface area contributed by atoms with Crippen molar-refractivity contribution in [1.82, 2.24) is 10.9 Å². The van der Waals surface area contributed by atoms with E-state index in [1.54, 1.807) is 48.5 Å². The Morgan fingerprint density at radius 1 is 0.812 bits per heavy atom. The number of ether oxygens (including phenoxy) is 1. The maximum absolute atomic E-state index is 12.3. The molecule has 0 fully saturated rings. The summed E-state index contributed by atoms with van der Waals surface area (Å²) in [7, 11) is 0. The normalized spacial score (nSPS) is 11.2. The lowest BCUT2D eigenvalue weighted by atomic mass is 10.1. The predicted molar refractivity (Wildman–Crippen MR) is 123 cm³/mol. The summed E-state index contributed by atoms with van der Waals surface area (Å²) >= 11 is 11.9. The quantitative estimate of drug-likeness (QED) is 0.461. The molecular formula is C23H19Cl2N3O4. The van der Waals surface area contributed by atoms with Gasteiger partial charge in [-0.15, -0.1) is 0 Å². The Hall–Kier alpha value is -3.55. The van der Waals surface area contributed by atoms with E-state index in [-0.39, 0.29) is 22.2 Å². The second-order valence-corrected chi connectivity index (χ2v) is 7.52. The highest BCUT2D eigenvalue weighted by Crippen LogP contribution is 2.28. The van der Waals surface area contributed by atoms with Crippen molar-refractivity contribution in [2.45, 2.75) is 13.0 Å². The number of hydrogen-bond donors (Lipinski definition) is 3. The summed E-state index contributed by atoms with van der Waals surface area (Å²) < 4.78 is 5.49. The first-order valence-electron chi connectivity index (χ1n) is 9.52. The number of nitrogens with one attached hydrogen (secondary N) is 3. The number of halogens is 2. The zero-order valence-electron chi connectivity index (χ0n) is 16.9. The fraction of sp³-hybridized carbons (Fsp3) is 0.0870. The maximum Gasteiger partial charge on any atom is 0.279 e. The molecule has 0 saturated heterocycles. The Balaban J connectivity index is 1.50. The molecule has 1 unspecified atom stereocenters. The monoisotopic (exact) mass is 471 g/mol. The molecule has 3 aromatic rings. The standard InChI is InChI=1S/C23H19Cl2N3O4/c1-14(32-20-12-9-17(24)13-19(20)25)21(29)27-28-23(31)16-7-10-18(11-8-16)26-22(30)15-5-3-2-4-6-15/h2-14H,1H3,(H,26,30)(H,27,29)(H,28,31). The van der Waals surface area contributed by atoms with Crippen molar-refractivity contribution >= 4 is 46.6 Å². The van der Waals surface area contributed by atoms with Gasteiger partial charge in [0.05, 0.1) is 5.02 Å². The molecule has 0 radical (unpaired) electrons. The lowest BCUT2D eigenvalue weighted by Gasteiger charge is -2.16. The van der Waals surface area contributed by atoms with E-state index in [1.807, 2.05) is 6.07 Å². The first kappa shape index (κ1) is 23.1. The first-order valence-corrected chi connectivity index (χ1v) is 10.3. The summed E-state index contributed by atoms with van der Waals surface area (Å²) in [5, 5.41) is 3.45. The number of rotatable bonds is 6. The fourth-order valence-corrected chi connectivity index (χ4v) is 3.06. The van der Waals surface area contributed by atoms with E-state index in [2.05, 4.69) is 16.2 Å². The average Bonchev–Trinajstić information content (AvgIpc) is 2.80. The Kier molecular flexibility index (Phi) is 7.70. The van der Waals surface area contributed by atoms with E-state index in [0.29, 0.717) is 16.3 Å². The smallest absolute Gasteiger partial charge is 0.279 e. The van der Waals surface area contributed by atoms with Gasteiger partial charge in [-0.25, -0.2) is 0 Å². The maximum atomic E-state index is 12.3. The minimum Gasteiger partial charge on any atom is -0.479 e. The second kappa shape index (κ2) is 10.7. The van der Waals surface area contributed by atoms with Gasteiger partial charge in [-0.1, -0.05) is 41.4 Å². The number of hydrogen-bond acceptors (Lipinski definition) is 4. The zero-order chi connectivity index (χ0) is 23.1. The molecule has 0 aliphatic rings. The molecule has 0 aliphatic heterocycles. The van der Waals surface area contributed by atoms with E-state index in [1.165, 1.54) is 25.1 Å².